The lowest BCUT2D eigenvalue weighted by molar-refractivity contribution is 0.0950. The molecule has 2 heterocycles. The number of aryl methyl sites for hydroxylation is 1. The highest BCUT2D eigenvalue weighted by atomic mass is 16.1. The van der Waals surface area contributed by atoms with E-state index in [1.54, 1.807) is 0 Å². The Balaban J connectivity index is 2.43. The van der Waals surface area contributed by atoms with Crippen molar-refractivity contribution >= 4 is 11.4 Å². The van der Waals surface area contributed by atoms with Gasteiger partial charge in [-0.1, -0.05) is 19.9 Å². The number of carbonyl (C=O) groups excluding carboxylic acids is 1. The average Bonchev–Trinajstić information content (AvgIpc) is 2.75. The number of nitrogens with zero attached hydrogens (tertiary/aromatic N) is 2. The fourth-order valence-electron chi connectivity index (χ4n) is 1.84. The molecule has 0 aliphatic heterocycles. The summed E-state index contributed by atoms with van der Waals surface area (Å²) in [5.41, 5.74) is 1.40. The molecule has 0 aliphatic rings. The Morgan fingerprint density at radius 2 is 2.24 bits per heavy atom. The lowest BCUT2D eigenvalue weighted by Crippen LogP contribution is -2.24. The van der Waals surface area contributed by atoms with Crippen molar-refractivity contribution in [3.8, 4) is 0 Å². The molecule has 0 radical (unpaired) electrons. The molecule has 0 atom stereocenters. The van der Waals surface area contributed by atoms with Crippen LogP contribution in [-0.4, -0.2) is 21.8 Å². The Labute approximate surface area is 101 Å². The summed E-state index contributed by atoms with van der Waals surface area (Å²) >= 11 is 0. The first-order valence-electron chi connectivity index (χ1n) is 6.02. The molecule has 0 saturated carbocycles. The zero-order valence-corrected chi connectivity index (χ0v) is 10.2. The van der Waals surface area contributed by atoms with E-state index in [1.165, 1.54) is 0 Å². The summed E-state index contributed by atoms with van der Waals surface area (Å²) in [5, 5.41) is 2.86. The summed E-state index contributed by atoms with van der Waals surface area (Å²) in [6.45, 7) is 4.75. The molecule has 0 fully saturated rings. The van der Waals surface area contributed by atoms with E-state index in [0.717, 1.165) is 24.2 Å². The number of rotatable bonds is 4. The van der Waals surface area contributed by atoms with Crippen LogP contribution in [0.4, 0.5) is 0 Å². The predicted molar refractivity (Wildman–Crippen MR) is 67.2 cm³/mol. The number of nitrogens with one attached hydrogen (secondary N) is 1. The number of aromatic nitrogens is 2. The van der Waals surface area contributed by atoms with Gasteiger partial charge in [-0.2, -0.15) is 0 Å². The largest absolute Gasteiger partial charge is 0.351 e. The Hall–Kier alpha value is -1.84. The Morgan fingerprint density at radius 3 is 2.94 bits per heavy atom. The van der Waals surface area contributed by atoms with Crippen LogP contribution in [0.3, 0.4) is 0 Å². The Morgan fingerprint density at radius 1 is 1.41 bits per heavy atom. The number of pyridine rings is 1. The van der Waals surface area contributed by atoms with Crippen molar-refractivity contribution in [2.45, 2.75) is 26.7 Å². The summed E-state index contributed by atoms with van der Waals surface area (Å²) in [4.78, 5) is 16.4. The first-order valence-corrected chi connectivity index (χ1v) is 6.02. The van der Waals surface area contributed by atoms with Crippen molar-refractivity contribution in [2.24, 2.45) is 0 Å². The van der Waals surface area contributed by atoms with Crippen LogP contribution in [-0.2, 0) is 6.42 Å². The molecular formula is C13H17N3O. The molecule has 0 spiro atoms. The van der Waals surface area contributed by atoms with Crippen molar-refractivity contribution in [1.29, 1.82) is 0 Å². The van der Waals surface area contributed by atoms with Crippen molar-refractivity contribution < 1.29 is 4.79 Å². The third kappa shape index (κ3) is 2.16. The van der Waals surface area contributed by atoms with Crippen LogP contribution in [0, 0.1) is 0 Å². The molecule has 0 aromatic carbocycles. The number of hydrogen-bond acceptors (Lipinski definition) is 2. The lowest BCUT2D eigenvalue weighted by atomic mass is 10.3. The Bertz CT molecular complexity index is 530. The van der Waals surface area contributed by atoms with E-state index in [2.05, 4.69) is 10.3 Å². The predicted octanol–water partition coefficient (Wildman–Crippen LogP) is 2.04. The number of hydrogen-bond donors (Lipinski definition) is 1. The van der Waals surface area contributed by atoms with Crippen molar-refractivity contribution in [2.75, 3.05) is 6.54 Å². The van der Waals surface area contributed by atoms with Crippen LogP contribution in [0.1, 0.15) is 36.6 Å². The molecule has 2 aromatic rings. The molecule has 2 aromatic heterocycles. The second-order valence-electron chi connectivity index (χ2n) is 3.94. The third-order valence-corrected chi connectivity index (χ3v) is 2.69. The Kier molecular flexibility index (Phi) is 3.42. The standard InChI is InChI=1S/C13H17N3O/c1-3-8-14-13(17)12-10-7-5-6-9-16(10)11(4-2)15-12/h5-7,9H,3-4,8H2,1-2H3,(H,14,17). The molecule has 1 N–H and O–H groups in total. The zero-order chi connectivity index (χ0) is 12.3. The van der Waals surface area contributed by atoms with E-state index >= 15 is 0 Å². The molecule has 1 amide bonds. The minimum absolute atomic E-state index is 0.0877. The highest BCUT2D eigenvalue weighted by Crippen LogP contribution is 2.13. The monoisotopic (exact) mass is 231 g/mol. The van der Waals surface area contributed by atoms with Gasteiger partial charge in [-0.05, 0) is 18.6 Å². The zero-order valence-electron chi connectivity index (χ0n) is 10.2. The van der Waals surface area contributed by atoms with Gasteiger partial charge in [0.15, 0.2) is 5.69 Å². The van der Waals surface area contributed by atoms with E-state index in [9.17, 15) is 4.79 Å². The molecule has 0 aliphatic carbocycles. The van der Waals surface area contributed by atoms with Gasteiger partial charge in [-0.25, -0.2) is 4.98 Å². The van der Waals surface area contributed by atoms with Gasteiger partial charge in [-0.3, -0.25) is 4.79 Å². The summed E-state index contributed by atoms with van der Waals surface area (Å²) in [5.74, 6) is 0.831. The summed E-state index contributed by atoms with van der Waals surface area (Å²) in [6.07, 6.45) is 3.68. The number of amides is 1. The third-order valence-electron chi connectivity index (χ3n) is 2.69. The van der Waals surface area contributed by atoms with Crippen LogP contribution in [0.2, 0.25) is 0 Å². The fraction of sp³-hybridized carbons (Fsp3) is 0.385. The SMILES string of the molecule is CCCNC(=O)c1nc(CC)n2ccccc12. The number of imidazole rings is 1. The first kappa shape index (κ1) is 11.6. The van der Waals surface area contributed by atoms with E-state index in [0.29, 0.717) is 12.2 Å². The van der Waals surface area contributed by atoms with Crippen LogP contribution < -0.4 is 5.32 Å². The van der Waals surface area contributed by atoms with Crippen molar-refractivity contribution in [3.63, 3.8) is 0 Å². The molecular weight excluding hydrogens is 214 g/mol. The molecule has 0 saturated heterocycles. The molecule has 90 valence electrons. The van der Waals surface area contributed by atoms with Crippen molar-refractivity contribution in [3.05, 3.63) is 35.9 Å². The maximum absolute atomic E-state index is 12.0. The van der Waals surface area contributed by atoms with Gasteiger partial charge in [0.05, 0.1) is 5.52 Å². The molecule has 4 heteroatoms. The van der Waals surface area contributed by atoms with Crippen LogP contribution in [0.15, 0.2) is 24.4 Å². The molecule has 2 rings (SSSR count). The highest BCUT2D eigenvalue weighted by Gasteiger charge is 2.15. The maximum atomic E-state index is 12.0. The molecule has 0 unspecified atom stereocenters. The van der Waals surface area contributed by atoms with Crippen LogP contribution >= 0.6 is 0 Å². The second kappa shape index (κ2) is 4.99. The van der Waals surface area contributed by atoms with Crippen LogP contribution in [0.5, 0.6) is 0 Å². The van der Waals surface area contributed by atoms with Gasteiger partial charge >= 0.3 is 0 Å². The summed E-state index contributed by atoms with van der Waals surface area (Å²) < 4.78 is 1.97. The molecule has 0 bridgehead atoms. The van der Waals surface area contributed by atoms with Crippen molar-refractivity contribution in [1.82, 2.24) is 14.7 Å². The van der Waals surface area contributed by atoms with E-state index in [-0.39, 0.29) is 5.91 Å². The van der Waals surface area contributed by atoms with E-state index < -0.39 is 0 Å². The average molecular weight is 231 g/mol. The second-order valence-corrected chi connectivity index (χ2v) is 3.94. The van der Waals surface area contributed by atoms with E-state index in [1.807, 2.05) is 42.6 Å². The highest BCUT2D eigenvalue weighted by molar-refractivity contribution is 5.99. The quantitative estimate of drug-likeness (QED) is 0.875. The fourth-order valence-corrected chi connectivity index (χ4v) is 1.84. The van der Waals surface area contributed by atoms with E-state index in [4.69, 9.17) is 0 Å². The molecule has 4 nitrogen and oxygen atoms in total. The maximum Gasteiger partial charge on any atom is 0.272 e. The van der Waals surface area contributed by atoms with Gasteiger partial charge in [0, 0.05) is 19.2 Å². The minimum atomic E-state index is -0.0877. The van der Waals surface area contributed by atoms with Gasteiger partial charge in [0.1, 0.15) is 5.82 Å². The van der Waals surface area contributed by atoms with Gasteiger partial charge < -0.3 is 9.72 Å². The summed E-state index contributed by atoms with van der Waals surface area (Å²) in [6, 6.07) is 5.79. The van der Waals surface area contributed by atoms with Gasteiger partial charge in [0.25, 0.3) is 5.91 Å². The van der Waals surface area contributed by atoms with Gasteiger partial charge in [0.2, 0.25) is 0 Å². The first-order chi connectivity index (χ1) is 8.27. The number of carbonyl (C=O) groups is 1. The normalized spacial score (nSPS) is 10.7. The minimum Gasteiger partial charge on any atom is -0.351 e. The topological polar surface area (TPSA) is 46.4 Å². The smallest absolute Gasteiger partial charge is 0.272 e. The molecule has 17 heavy (non-hydrogen) atoms. The van der Waals surface area contributed by atoms with Gasteiger partial charge in [-0.15, -0.1) is 0 Å². The lowest BCUT2D eigenvalue weighted by Gasteiger charge is -2.00. The van der Waals surface area contributed by atoms with Crippen LogP contribution in [0.25, 0.3) is 5.52 Å². The summed E-state index contributed by atoms with van der Waals surface area (Å²) in [7, 11) is 0. The number of fused-ring (bicyclic) bond motifs is 1.